The van der Waals surface area contributed by atoms with Crippen molar-refractivity contribution in [2.45, 2.75) is 33.7 Å². The van der Waals surface area contributed by atoms with E-state index >= 15 is 0 Å². The van der Waals surface area contributed by atoms with E-state index in [0.717, 1.165) is 69.8 Å². The molecule has 2 N–H and O–H groups in total. The smallest absolute Gasteiger partial charge is 0.191 e. The lowest BCUT2D eigenvalue weighted by molar-refractivity contribution is 0.122. The molecule has 152 valence electrons. The van der Waals surface area contributed by atoms with Crippen LogP contribution in [0.4, 0.5) is 5.82 Å². The fourth-order valence-electron chi connectivity index (χ4n) is 2.78. The van der Waals surface area contributed by atoms with Crippen molar-refractivity contribution in [1.82, 2.24) is 15.6 Å². The summed E-state index contributed by atoms with van der Waals surface area (Å²) in [6, 6.07) is 4.07. The molecule has 0 unspecified atom stereocenters. The van der Waals surface area contributed by atoms with Gasteiger partial charge in [-0.3, -0.25) is 0 Å². The molecule has 1 fully saturated rings. The van der Waals surface area contributed by atoms with Crippen LogP contribution in [0.3, 0.4) is 0 Å². The summed E-state index contributed by atoms with van der Waals surface area (Å²) in [4.78, 5) is 11.6. The van der Waals surface area contributed by atoms with Crippen LogP contribution in [0.2, 0.25) is 0 Å². The maximum Gasteiger partial charge on any atom is 0.191 e. The van der Waals surface area contributed by atoms with E-state index in [4.69, 9.17) is 14.5 Å². The Morgan fingerprint density at radius 3 is 2.85 bits per heavy atom. The van der Waals surface area contributed by atoms with Crippen molar-refractivity contribution < 1.29 is 9.47 Å². The van der Waals surface area contributed by atoms with Crippen molar-refractivity contribution in [1.29, 1.82) is 0 Å². The number of hydrogen-bond donors (Lipinski definition) is 2. The molecule has 0 aliphatic carbocycles. The number of guanidine groups is 1. The highest BCUT2D eigenvalue weighted by Gasteiger charge is 2.15. The molecule has 0 atom stereocenters. The topological polar surface area (TPSA) is 71.0 Å². The maximum atomic E-state index is 5.66. The number of rotatable bonds is 10. The summed E-state index contributed by atoms with van der Waals surface area (Å²) in [5.74, 6) is 2.50. The van der Waals surface area contributed by atoms with Gasteiger partial charge in [0.25, 0.3) is 0 Å². The lowest BCUT2D eigenvalue weighted by Gasteiger charge is -2.29. The van der Waals surface area contributed by atoms with Crippen LogP contribution in [0.1, 0.15) is 32.8 Å². The van der Waals surface area contributed by atoms with Crippen molar-refractivity contribution in [2.75, 3.05) is 57.5 Å². The van der Waals surface area contributed by atoms with E-state index in [1.165, 1.54) is 0 Å². The van der Waals surface area contributed by atoms with E-state index in [9.17, 15) is 0 Å². The van der Waals surface area contributed by atoms with Gasteiger partial charge in [-0.05, 0) is 25.3 Å². The number of morpholine rings is 1. The molecule has 0 aromatic carbocycles. The van der Waals surface area contributed by atoms with Crippen molar-refractivity contribution in [2.24, 2.45) is 10.9 Å². The van der Waals surface area contributed by atoms with Gasteiger partial charge in [-0.1, -0.05) is 19.9 Å². The van der Waals surface area contributed by atoms with Gasteiger partial charge in [-0.15, -0.1) is 0 Å². The quantitative estimate of drug-likeness (QED) is 0.369. The van der Waals surface area contributed by atoms with Crippen molar-refractivity contribution in [3.05, 3.63) is 23.9 Å². The number of anilines is 1. The summed E-state index contributed by atoms with van der Waals surface area (Å²) in [6.07, 6.45) is 2.94. The molecule has 2 heterocycles. The van der Waals surface area contributed by atoms with Gasteiger partial charge >= 0.3 is 0 Å². The predicted octanol–water partition coefficient (Wildman–Crippen LogP) is 2.04. The number of hydrogen-bond acceptors (Lipinski definition) is 5. The second-order valence-corrected chi connectivity index (χ2v) is 7.00. The first kappa shape index (κ1) is 21.4. The molecule has 1 aromatic rings. The molecule has 1 saturated heterocycles. The number of nitrogens with zero attached hydrogens (tertiary/aromatic N) is 3. The molecule has 1 aliphatic rings. The second-order valence-electron chi connectivity index (χ2n) is 7.00. The van der Waals surface area contributed by atoms with Gasteiger partial charge in [-0.2, -0.15) is 0 Å². The summed E-state index contributed by atoms with van der Waals surface area (Å²) < 4.78 is 11.1. The van der Waals surface area contributed by atoms with Crippen LogP contribution in [0, 0.1) is 5.92 Å². The molecule has 0 amide bonds. The lowest BCUT2D eigenvalue weighted by Crippen LogP contribution is -2.39. The Morgan fingerprint density at radius 1 is 1.30 bits per heavy atom. The molecule has 7 nitrogen and oxygen atoms in total. The Hall–Kier alpha value is -1.86. The minimum absolute atomic E-state index is 0.587. The number of aliphatic imine (C=N–C) groups is 1. The van der Waals surface area contributed by atoms with Gasteiger partial charge in [0.05, 0.1) is 26.4 Å². The number of aromatic nitrogens is 1. The van der Waals surface area contributed by atoms with Gasteiger partial charge in [0.2, 0.25) is 0 Å². The van der Waals surface area contributed by atoms with Crippen LogP contribution in [0.25, 0.3) is 0 Å². The van der Waals surface area contributed by atoms with Gasteiger partial charge in [0, 0.05) is 44.5 Å². The van der Waals surface area contributed by atoms with Crippen LogP contribution in [-0.2, 0) is 16.0 Å². The highest BCUT2D eigenvalue weighted by Crippen LogP contribution is 2.19. The number of ether oxygens (including phenoxy) is 2. The van der Waals surface area contributed by atoms with E-state index < -0.39 is 0 Å². The van der Waals surface area contributed by atoms with Crippen LogP contribution >= 0.6 is 0 Å². The molecule has 0 spiro atoms. The van der Waals surface area contributed by atoms with E-state index in [0.29, 0.717) is 19.1 Å². The van der Waals surface area contributed by atoms with Gasteiger partial charge in [-0.25, -0.2) is 9.98 Å². The van der Waals surface area contributed by atoms with Crippen LogP contribution in [0.15, 0.2) is 23.3 Å². The number of nitrogens with one attached hydrogen (secondary N) is 2. The predicted molar refractivity (Wildman–Crippen MR) is 110 cm³/mol. The highest BCUT2D eigenvalue weighted by molar-refractivity contribution is 5.79. The Morgan fingerprint density at radius 2 is 2.11 bits per heavy atom. The summed E-state index contributed by atoms with van der Waals surface area (Å²) >= 11 is 0. The first-order chi connectivity index (χ1) is 13.2. The molecule has 1 aliphatic heterocycles. The molecule has 0 bridgehead atoms. The minimum Gasteiger partial charge on any atom is -0.380 e. The summed E-state index contributed by atoms with van der Waals surface area (Å²) in [7, 11) is 0. The molecule has 7 heteroatoms. The van der Waals surface area contributed by atoms with Crippen molar-refractivity contribution in [3.8, 4) is 0 Å². The molecule has 27 heavy (non-hydrogen) atoms. The highest BCUT2D eigenvalue weighted by atomic mass is 16.5. The van der Waals surface area contributed by atoms with E-state index in [1.807, 2.05) is 12.3 Å². The molecule has 0 radical (unpaired) electrons. The molecule has 1 aromatic heterocycles. The lowest BCUT2D eigenvalue weighted by atomic mass is 10.1. The molecule has 0 saturated carbocycles. The first-order valence-corrected chi connectivity index (χ1v) is 10.1. The first-order valence-electron chi connectivity index (χ1n) is 10.1. The fraction of sp³-hybridized carbons (Fsp3) is 0.700. The average molecular weight is 378 g/mol. The Bertz CT molecular complexity index is 559. The molecular weight excluding hydrogens is 342 g/mol. The normalized spacial score (nSPS) is 15.3. The summed E-state index contributed by atoms with van der Waals surface area (Å²) in [5.41, 5.74) is 1.13. The van der Waals surface area contributed by atoms with E-state index in [-0.39, 0.29) is 0 Å². The molecular formula is C20H35N5O2. The number of pyridine rings is 1. The Balaban J connectivity index is 1.86. The zero-order valence-electron chi connectivity index (χ0n) is 17.0. The summed E-state index contributed by atoms with van der Waals surface area (Å²) in [5, 5.41) is 6.63. The third-order valence-corrected chi connectivity index (χ3v) is 4.31. The minimum atomic E-state index is 0.587. The molecule has 2 rings (SSSR count). The van der Waals surface area contributed by atoms with Gasteiger partial charge in [0.1, 0.15) is 5.82 Å². The Labute approximate surface area is 163 Å². The third kappa shape index (κ3) is 8.13. The van der Waals surface area contributed by atoms with Crippen LogP contribution in [0.5, 0.6) is 0 Å². The monoisotopic (exact) mass is 377 g/mol. The average Bonchev–Trinajstić information content (AvgIpc) is 2.69. The maximum absolute atomic E-state index is 5.66. The zero-order chi connectivity index (χ0) is 19.3. The van der Waals surface area contributed by atoms with Gasteiger partial charge in [0.15, 0.2) is 5.96 Å². The SMILES string of the molecule is CCNC(=NCc1cccnc1N1CCOCC1)NCCOCCC(C)C. The zero-order valence-corrected chi connectivity index (χ0v) is 17.0. The van der Waals surface area contributed by atoms with Crippen LogP contribution < -0.4 is 15.5 Å². The van der Waals surface area contributed by atoms with Crippen LogP contribution in [-0.4, -0.2) is 63.6 Å². The van der Waals surface area contributed by atoms with Gasteiger partial charge < -0.3 is 25.0 Å². The third-order valence-electron chi connectivity index (χ3n) is 4.31. The summed E-state index contributed by atoms with van der Waals surface area (Å²) in [6.45, 7) is 13.4. The van der Waals surface area contributed by atoms with Crippen molar-refractivity contribution in [3.63, 3.8) is 0 Å². The Kier molecular flexibility index (Phi) is 9.94. The standard InChI is InChI=1S/C20H35N5O2/c1-4-21-20(23-9-13-26-12-7-17(2)3)24-16-18-6-5-8-22-19(18)25-10-14-27-15-11-25/h5-6,8,17H,4,7,9-16H2,1-3H3,(H2,21,23,24). The second kappa shape index (κ2) is 12.5. The van der Waals surface area contributed by atoms with E-state index in [1.54, 1.807) is 0 Å². The largest absolute Gasteiger partial charge is 0.380 e. The van der Waals surface area contributed by atoms with Crippen molar-refractivity contribution >= 4 is 11.8 Å². The van der Waals surface area contributed by atoms with E-state index in [2.05, 4.69) is 47.4 Å². The fourth-order valence-corrected chi connectivity index (χ4v) is 2.78.